The normalized spacial score (nSPS) is 10.5. The molecule has 2 aromatic rings. The third-order valence-electron chi connectivity index (χ3n) is 3.38. The molecule has 0 bridgehead atoms. The molecule has 0 aromatic heterocycles. The van der Waals surface area contributed by atoms with Crippen LogP contribution in [0.2, 0.25) is 22.2 Å². The Hall–Kier alpha value is -0.328. The molecule has 0 nitrogen and oxygen atoms in total. The number of benzene rings is 2. The summed E-state index contributed by atoms with van der Waals surface area (Å²) in [5.41, 5.74) is 3.83. The fraction of sp³-hybridized carbons (Fsp3) is 0.500. The van der Waals surface area contributed by atoms with E-state index in [0.717, 1.165) is 22.2 Å². The van der Waals surface area contributed by atoms with E-state index in [-0.39, 0.29) is 0 Å². The van der Waals surface area contributed by atoms with Crippen molar-refractivity contribution >= 4 is 47.3 Å². The van der Waals surface area contributed by atoms with E-state index in [0.29, 0.717) is 19.0 Å². The van der Waals surface area contributed by atoms with Crippen molar-refractivity contribution in [2.24, 2.45) is 0 Å². The van der Waals surface area contributed by atoms with Crippen molar-refractivity contribution in [3.63, 3.8) is 0 Å². The molecule has 0 saturated heterocycles. The van der Waals surface area contributed by atoms with Gasteiger partial charge in [0, 0.05) is 19.0 Å². The third kappa shape index (κ3) is 18.8. The van der Waals surface area contributed by atoms with Crippen LogP contribution in [-0.4, -0.2) is 40.2 Å². The Balaban J connectivity index is 0.000000416. The van der Waals surface area contributed by atoms with Gasteiger partial charge in [-0.1, -0.05) is 77.6 Å². The van der Waals surface area contributed by atoms with E-state index >= 15 is 0 Å². The van der Waals surface area contributed by atoms with Gasteiger partial charge in [-0.3, -0.25) is 0 Å². The Labute approximate surface area is 184 Å². The summed E-state index contributed by atoms with van der Waals surface area (Å²) < 4.78 is 3.08. The molecule has 0 aliphatic carbocycles. The van der Waals surface area contributed by atoms with E-state index in [1.165, 1.54) is 7.16 Å². The topological polar surface area (TPSA) is 0 Å². The van der Waals surface area contributed by atoms with Crippen molar-refractivity contribution < 1.29 is 0 Å². The summed E-state index contributed by atoms with van der Waals surface area (Å²) in [5.74, 6) is 0. The Morgan fingerprint density at radius 2 is 0.741 bits per heavy atom. The minimum atomic E-state index is -0.517. The van der Waals surface area contributed by atoms with Crippen LogP contribution >= 0.6 is 0 Å². The minimum absolute atomic E-state index is 0.517. The first-order valence-electron chi connectivity index (χ1n) is 10.3. The van der Waals surface area contributed by atoms with Crippen LogP contribution in [0.15, 0.2) is 60.7 Å². The summed E-state index contributed by atoms with van der Waals surface area (Å²) in [5, 5.41) is 0. The van der Waals surface area contributed by atoms with E-state index in [1.54, 1.807) is 0 Å². The van der Waals surface area contributed by atoms with Gasteiger partial charge in [0.15, 0.2) is 0 Å². The monoisotopic (exact) mass is 504 g/mol. The molecule has 2 aromatic carbocycles. The SMILES string of the molecule is CC(C)[SiH]C(C)C.CC(C)[SiH]C(C)C.c1cc[c]([Sn][c]2ccccc2)cc1. The number of hydrogen-bond donors (Lipinski definition) is 0. The molecular formula is C24H40Si2Sn. The van der Waals surface area contributed by atoms with Gasteiger partial charge in [0.25, 0.3) is 0 Å². The van der Waals surface area contributed by atoms with Crippen LogP contribution in [0.5, 0.6) is 0 Å². The standard InChI is InChI=1S/2C6H15Si.2C6H5.Sn/c2*1-5(2)7-6(3)4;2*1-2-4-6-5-3-1;/h2*5-7H,1-4H3;2*1-5H;. The zero-order valence-corrected chi connectivity index (χ0v) is 23.9. The predicted molar refractivity (Wildman–Crippen MR) is 133 cm³/mol. The molecule has 0 saturated carbocycles. The first kappa shape index (κ1) is 26.7. The summed E-state index contributed by atoms with van der Waals surface area (Å²) in [7, 11) is 1.43. The quantitative estimate of drug-likeness (QED) is 0.457. The van der Waals surface area contributed by atoms with E-state index in [2.05, 4.69) is 116 Å². The molecule has 27 heavy (non-hydrogen) atoms. The molecule has 0 aliphatic heterocycles. The fourth-order valence-electron chi connectivity index (χ4n) is 2.75. The molecule has 0 aliphatic rings. The van der Waals surface area contributed by atoms with Gasteiger partial charge in [-0.2, -0.15) is 0 Å². The molecule has 0 N–H and O–H groups in total. The maximum absolute atomic E-state index is 2.30. The zero-order valence-electron chi connectivity index (χ0n) is 18.7. The fourth-order valence-corrected chi connectivity index (χ4v) is 8.83. The third-order valence-corrected chi connectivity index (χ3v) is 10.0. The second-order valence-corrected chi connectivity index (χ2v) is 18.3. The first-order valence-corrected chi connectivity index (χ1v) is 15.8. The van der Waals surface area contributed by atoms with Gasteiger partial charge in [0.1, 0.15) is 0 Å². The Morgan fingerprint density at radius 3 is 0.926 bits per heavy atom. The van der Waals surface area contributed by atoms with Gasteiger partial charge in [-0.05, 0) is 0 Å². The van der Waals surface area contributed by atoms with Crippen molar-refractivity contribution in [2.45, 2.75) is 77.6 Å². The molecule has 3 heteroatoms. The van der Waals surface area contributed by atoms with Crippen molar-refractivity contribution in [3.05, 3.63) is 60.7 Å². The summed E-state index contributed by atoms with van der Waals surface area (Å²) in [6.45, 7) is 18.4. The molecule has 0 amide bonds. The molecule has 148 valence electrons. The number of hydrogen-bond acceptors (Lipinski definition) is 0. The number of rotatable bonds is 6. The molecule has 0 unspecified atom stereocenters. The summed E-state index contributed by atoms with van der Waals surface area (Å²) in [6, 6.07) is 21.6. The Morgan fingerprint density at radius 1 is 0.481 bits per heavy atom. The molecule has 2 rings (SSSR count). The second kappa shape index (κ2) is 16.6. The van der Waals surface area contributed by atoms with Gasteiger partial charge in [0.2, 0.25) is 0 Å². The van der Waals surface area contributed by atoms with Crippen LogP contribution in [-0.2, 0) is 0 Å². The van der Waals surface area contributed by atoms with E-state index in [9.17, 15) is 0 Å². The predicted octanol–water partition coefficient (Wildman–Crippen LogP) is 5.50. The maximum atomic E-state index is 2.30. The van der Waals surface area contributed by atoms with Crippen LogP contribution in [0, 0.1) is 0 Å². The average Bonchev–Trinajstić information content (AvgIpc) is 2.55. The van der Waals surface area contributed by atoms with Crippen LogP contribution in [0.25, 0.3) is 0 Å². The van der Waals surface area contributed by atoms with Gasteiger partial charge in [-0.15, -0.1) is 0 Å². The van der Waals surface area contributed by atoms with Crippen molar-refractivity contribution in [1.82, 2.24) is 0 Å². The van der Waals surface area contributed by atoms with E-state index < -0.39 is 21.1 Å². The zero-order chi connectivity index (χ0) is 20.7. The van der Waals surface area contributed by atoms with Crippen LogP contribution < -0.4 is 7.16 Å². The van der Waals surface area contributed by atoms with Crippen molar-refractivity contribution in [3.8, 4) is 0 Å². The van der Waals surface area contributed by atoms with Crippen molar-refractivity contribution in [2.75, 3.05) is 0 Å². The summed E-state index contributed by atoms with van der Waals surface area (Å²) in [4.78, 5) is 0. The molecule has 0 atom stereocenters. The Bertz CT molecular complexity index is 488. The molecular weight excluding hydrogens is 463 g/mol. The van der Waals surface area contributed by atoms with Gasteiger partial charge in [-0.25, -0.2) is 0 Å². The molecule has 0 spiro atoms. The molecule has 4 radical (unpaired) electrons. The van der Waals surface area contributed by atoms with Crippen LogP contribution in [0.1, 0.15) is 55.4 Å². The van der Waals surface area contributed by atoms with Crippen LogP contribution in [0.3, 0.4) is 0 Å². The van der Waals surface area contributed by atoms with Gasteiger partial charge < -0.3 is 0 Å². The summed E-state index contributed by atoms with van der Waals surface area (Å²) in [6.07, 6.45) is 0. The van der Waals surface area contributed by atoms with E-state index in [4.69, 9.17) is 0 Å². The first-order chi connectivity index (χ1) is 12.7. The van der Waals surface area contributed by atoms with E-state index in [1.807, 2.05) is 0 Å². The second-order valence-electron chi connectivity index (χ2n) is 8.22. The average molecular weight is 503 g/mol. The van der Waals surface area contributed by atoms with Crippen molar-refractivity contribution in [1.29, 1.82) is 0 Å². The van der Waals surface area contributed by atoms with Crippen LogP contribution in [0.4, 0.5) is 0 Å². The van der Waals surface area contributed by atoms with Gasteiger partial charge >= 0.3 is 89.0 Å². The molecule has 0 fully saturated rings. The summed E-state index contributed by atoms with van der Waals surface area (Å²) >= 11 is -0.517. The molecule has 0 heterocycles. The van der Waals surface area contributed by atoms with Gasteiger partial charge in [0.05, 0.1) is 0 Å². The Kier molecular flexibility index (Phi) is 16.4.